The van der Waals surface area contributed by atoms with Crippen molar-refractivity contribution in [2.75, 3.05) is 19.6 Å². The van der Waals surface area contributed by atoms with E-state index in [9.17, 15) is 0 Å². The summed E-state index contributed by atoms with van der Waals surface area (Å²) < 4.78 is 0. The van der Waals surface area contributed by atoms with Crippen LogP contribution in [0.1, 0.15) is 33.3 Å². The molecule has 0 aromatic carbocycles. The highest BCUT2D eigenvalue weighted by atomic mass is 15.1. The number of nitrogens with one attached hydrogen (secondary N) is 1. The third kappa shape index (κ3) is 4.75. The molecule has 1 heterocycles. The van der Waals surface area contributed by atoms with E-state index in [-0.39, 0.29) is 0 Å². The summed E-state index contributed by atoms with van der Waals surface area (Å²) >= 11 is 0. The van der Waals surface area contributed by atoms with Gasteiger partial charge in [-0.3, -0.25) is 9.88 Å². The van der Waals surface area contributed by atoms with Gasteiger partial charge in [0.15, 0.2) is 0 Å². The van der Waals surface area contributed by atoms with Gasteiger partial charge in [0.25, 0.3) is 0 Å². The first-order chi connectivity index (χ1) is 8.69. The Hall–Kier alpha value is -0.930. The van der Waals surface area contributed by atoms with E-state index in [0.717, 1.165) is 26.2 Å². The van der Waals surface area contributed by atoms with Gasteiger partial charge in [-0.25, -0.2) is 0 Å². The average Bonchev–Trinajstić information content (AvgIpc) is 2.42. The number of hydrogen-bond donors (Lipinski definition) is 1. The summed E-state index contributed by atoms with van der Waals surface area (Å²) in [5, 5.41) is 3.44. The summed E-state index contributed by atoms with van der Waals surface area (Å²) in [6, 6.07) is 4.79. The van der Waals surface area contributed by atoms with E-state index in [0.29, 0.717) is 12.0 Å². The summed E-state index contributed by atoms with van der Waals surface area (Å²) in [6.45, 7) is 13.3. The fraction of sp³-hybridized carbons (Fsp3) is 0.667. The molecule has 0 bridgehead atoms. The molecule has 3 nitrogen and oxygen atoms in total. The Morgan fingerprint density at radius 1 is 1.22 bits per heavy atom. The Kier molecular flexibility index (Phi) is 6.91. The smallest absolute Gasteiger partial charge is 0.0271 e. The minimum absolute atomic E-state index is 0.585. The second-order valence-electron chi connectivity index (χ2n) is 4.94. The Labute approximate surface area is 112 Å². The lowest BCUT2D eigenvalue weighted by atomic mass is 10.0. The fourth-order valence-corrected chi connectivity index (χ4v) is 2.17. The number of aromatic nitrogens is 1. The zero-order chi connectivity index (χ0) is 13.4. The van der Waals surface area contributed by atoms with Crippen LogP contribution in [0.4, 0.5) is 0 Å². The molecule has 0 fully saturated rings. The van der Waals surface area contributed by atoms with Gasteiger partial charge in [-0.15, -0.1) is 0 Å². The Balaban J connectivity index is 2.54. The summed E-state index contributed by atoms with van der Waals surface area (Å²) in [5.41, 5.74) is 1.34. The van der Waals surface area contributed by atoms with E-state index in [1.54, 1.807) is 0 Å². The highest BCUT2D eigenvalue weighted by Crippen LogP contribution is 2.13. The fourth-order valence-electron chi connectivity index (χ4n) is 2.17. The topological polar surface area (TPSA) is 28.2 Å². The maximum atomic E-state index is 4.07. The molecule has 0 amide bonds. The molecule has 0 aliphatic heterocycles. The van der Waals surface area contributed by atoms with Crippen molar-refractivity contribution in [3.63, 3.8) is 0 Å². The van der Waals surface area contributed by atoms with Crippen molar-refractivity contribution < 1.29 is 0 Å². The highest BCUT2D eigenvalue weighted by molar-refractivity contribution is 5.09. The van der Waals surface area contributed by atoms with E-state index in [1.165, 1.54) is 5.56 Å². The first-order valence-corrected chi connectivity index (χ1v) is 7.02. The molecule has 2 unspecified atom stereocenters. The van der Waals surface area contributed by atoms with Gasteiger partial charge < -0.3 is 5.32 Å². The second kappa shape index (κ2) is 8.22. The first-order valence-electron chi connectivity index (χ1n) is 7.02. The van der Waals surface area contributed by atoms with Crippen molar-refractivity contribution >= 4 is 0 Å². The third-order valence-electron chi connectivity index (χ3n) is 3.66. The molecule has 2 atom stereocenters. The zero-order valence-electron chi connectivity index (χ0n) is 12.2. The van der Waals surface area contributed by atoms with Crippen LogP contribution in [-0.2, 0) is 6.54 Å². The highest BCUT2D eigenvalue weighted by Gasteiger charge is 2.18. The summed E-state index contributed by atoms with van der Waals surface area (Å²) in [6.07, 6.45) is 3.74. The van der Waals surface area contributed by atoms with Gasteiger partial charge in [0, 0.05) is 25.0 Å². The van der Waals surface area contributed by atoms with Crippen molar-refractivity contribution in [1.29, 1.82) is 0 Å². The van der Waals surface area contributed by atoms with Gasteiger partial charge in [-0.1, -0.05) is 20.8 Å². The van der Waals surface area contributed by atoms with Crippen molar-refractivity contribution in [1.82, 2.24) is 15.2 Å². The van der Waals surface area contributed by atoms with Gasteiger partial charge in [-0.2, -0.15) is 0 Å². The predicted molar refractivity (Wildman–Crippen MR) is 77.5 cm³/mol. The van der Waals surface area contributed by atoms with Gasteiger partial charge in [0.1, 0.15) is 0 Å². The molecule has 0 saturated carbocycles. The summed E-state index contributed by atoms with van der Waals surface area (Å²) in [4.78, 5) is 6.60. The van der Waals surface area contributed by atoms with E-state index < -0.39 is 0 Å². The molecule has 0 aliphatic carbocycles. The van der Waals surface area contributed by atoms with Crippen LogP contribution in [0.3, 0.4) is 0 Å². The van der Waals surface area contributed by atoms with Gasteiger partial charge in [0.2, 0.25) is 0 Å². The predicted octanol–water partition coefficient (Wildman–Crippen LogP) is 2.54. The molecule has 0 saturated heterocycles. The van der Waals surface area contributed by atoms with Crippen LogP contribution in [0, 0.1) is 5.92 Å². The lowest BCUT2D eigenvalue weighted by Crippen LogP contribution is -2.40. The number of pyridine rings is 1. The van der Waals surface area contributed by atoms with E-state index in [2.05, 4.69) is 55.0 Å². The average molecular weight is 249 g/mol. The van der Waals surface area contributed by atoms with Crippen LogP contribution in [0.5, 0.6) is 0 Å². The first kappa shape index (κ1) is 15.1. The van der Waals surface area contributed by atoms with Gasteiger partial charge in [0.05, 0.1) is 0 Å². The minimum atomic E-state index is 0.585. The molecule has 1 N–H and O–H groups in total. The molecule has 102 valence electrons. The standard InChI is InChI=1S/C15H27N3/c1-5-16-11-13(3)14(4)18(6-2)12-15-7-9-17-10-8-15/h7-10,13-14,16H,5-6,11-12H2,1-4H3. The van der Waals surface area contributed by atoms with E-state index in [4.69, 9.17) is 0 Å². The Morgan fingerprint density at radius 3 is 2.44 bits per heavy atom. The van der Waals surface area contributed by atoms with Gasteiger partial charge in [-0.05, 0) is 50.2 Å². The molecule has 0 spiro atoms. The molecule has 1 aromatic heterocycles. The molecule has 0 aliphatic rings. The molecule has 1 rings (SSSR count). The molecular formula is C15H27N3. The van der Waals surface area contributed by atoms with Crippen LogP contribution in [0.25, 0.3) is 0 Å². The van der Waals surface area contributed by atoms with Crippen LogP contribution < -0.4 is 5.32 Å². The van der Waals surface area contributed by atoms with Crippen molar-refractivity contribution in [3.05, 3.63) is 30.1 Å². The minimum Gasteiger partial charge on any atom is -0.317 e. The van der Waals surface area contributed by atoms with Crippen molar-refractivity contribution in [3.8, 4) is 0 Å². The molecular weight excluding hydrogens is 222 g/mol. The Bertz CT molecular complexity index is 313. The number of hydrogen-bond acceptors (Lipinski definition) is 3. The van der Waals surface area contributed by atoms with Crippen LogP contribution >= 0.6 is 0 Å². The maximum absolute atomic E-state index is 4.07. The van der Waals surface area contributed by atoms with E-state index in [1.807, 2.05) is 12.4 Å². The van der Waals surface area contributed by atoms with Crippen molar-refractivity contribution in [2.45, 2.75) is 40.3 Å². The third-order valence-corrected chi connectivity index (χ3v) is 3.66. The van der Waals surface area contributed by atoms with Crippen LogP contribution in [0.2, 0.25) is 0 Å². The normalized spacial score (nSPS) is 14.7. The van der Waals surface area contributed by atoms with Crippen molar-refractivity contribution in [2.24, 2.45) is 5.92 Å². The van der Waals surface area contributed by atoms with Crippen LogP contribution in [0.15, 0.2) is 24.5 Å². The number of rotatable bonds is 8. The molecule has 0 radical (unpaired) electrons. The SMILES string of the molecule is CCNCC(C)C(C)N(CC)Cc1ccncc1. The van der Waals surface area contributed by atoms with Crippen LogP contribution in [-0.4, -0.2) is 35.6 Å². The molecule has 3 heteroatoms. The lowest BCUT2D eigenvalue weighted by Gasteiger charge is -2.32. The number of nitrogens with zero attached hydrogens (tertiary/aromatic N) is 2. The lowest BCUT2D eigenvalue weighted by molar-refractivity contribution is 0.159. The second-order valence-corrected chi connectivity index (χ2v) is 4.94. The largest absolute Gasteiger partial charge is 0.317 e. The summed E-state index contributed by atoms with van der Waals surface area (Å²) in [7, 11) is 0. The maximum Gasteiger partial charge on any atom is 0.0271 e. The zero-order valence-corrected chi connectivity index (χ0v) is 12.2. The summed E-state index contributed by atoms with van der Waals surface area (Å²) in [5.74, 6) is 0.659. The van der Waals surface area contributed by atoms with E-state index >= 15 is 0 Å². The molecule has 18 heavy (non-hydrogen) atoms. The quantitative estimate of drug-likeness (QED) is 0.767. The molecule has 1 aromatic rings. The Morgan fingerprint density at radius 2 is 1.89 bits per heavy atom. The van der Waals surface area contributed by atoms with Gasteiger partial charge >= 0.3 is 0 Å². The monoisotopic (exact) mass is 249 g/mol.